The number of carbonyl (C=O) groups excluding carboxylic acids is 1. The van der Waals surface area contributed by atoms with Crippen LogP contribution in [0, 0.1) is 18.8 Å². The van der Waals surface area contributed by atoms with Gasteiger partial charge in [-0.25, -0.2) is 9.78 Å². The highest BCUT2D eigenvalue weighted by atomic mass is 16.2. The van der Waals surface area contributed by atoms with Gasteiger partial charge in [0.05, 0.1) is 12.1 Å². The Balaban J connectivity index is 1.55. The molecular weight excluding hydrogens is 298 g/mol. The first kappa shape index (κ1) is 14.8. The summed E-state index contributed by atoms with van der Waals surface area (Å²) in [7, 11) is 1.88. The summed E-state index contributed by atoms with van der Waals surface area (Å²) in [6.45, 7) is 2.05. The molecule has 4 rings (SSSR count). The van der Waals surface area contributed by atoms with Gasteiger partial charge in [0, 0.05) is 24.4 Å². The van der Waals surface area contributed by atoms with E-state index in [1.807, 2.05) is 41.1 Å². The second kappa shape index (κ2) is 5.68. The zero-order valence-corrected chi connectivity index (χ0v) is 13.9. The Morgan fingerprint density at radius 1 is 1.08 bits per heavy atom. The van der Waals surface area contributed by atoms with Crippen LogP contribution in [-0.2, 0) is 0 Å². The highest BCUT2D eigenvalue weighted by Crippen LogP contribution is 2.38. The van der Waals surface area contributed by atoms with Crippen molar-refractivity contribution in [3.63, 3.8) is 0 Å². The fourth-order valence-electron chi connectivity index (χ4n) is 3.41. The molecule has 0 bridgehead atoms. The smallest absolute Gasteiger partial charge is 0.322 e. The molecule has 4 nitrogen and oxygen atoms in total. The van der Waals surface area contributed by atoms with Gasteiger partial charge in [-0.1, -0.05) is 24.0 Å². The number of benzene rings is 1. The van der Waals surface area contributed by atoms with Gasteiger partial charge in [-0.15, -0.1) is 0 Å². The first-order valence-corrected chi connectivity index (χ1v) is 8.24. The Labute approximate surface area is 142 Å². The number of amides is 2. The van der Waals surface area contributed by atoms with E-state index in [0.717, 1.165) is 29.8 Å². The van der Waals surface area contributed by atoms with Crippen molar-refractivity contribution in [1.82, 2.24) is 9.88 Å². The van der Waals surface area contributed by atoms with Crippen molar-refractivity contribution >= 4 is 11.8 Å². The van der Waals surface area contributed by atoms with E-state index in [-0.39, 0.29) is 12.1 Å². The molecule has 120 valence electrons. The minimum Gasteiger partial charge on any atom is -0.322 e. The van der Waals surface area contributed by atoms with Crippen LogP contribution in [0.15, 0.2) is 42.6 Å². The van der Waals surface area contributed by atoms with Crippen molar-refractivity contribution in [2.45, 2.75) is 31.8 Å². The average molecular weight is 317 g/mol. The van der Waals surface area contributed by atoms with Gasteiger partial charge in [-0.2, -0.15) is 0 Å². The fraction of sp³-hybridized carbons (Fsp3) is 0.300. The zero-order chi connectivity index (χ0) is 16.7. The van der Waals surface area contributed by atoms with Crippen molar-refractivity contribution < 1.29 is 4.79 Å². The number of rotatable bonds is 1. The molecule has 1 aromatic heterocycles. The van der Waals surface area contributed by atoms with Crippen molar-refractivity contribution in [2.24, 2.45) is 0 Å². The molecule has 2 fully saturated rings. The Morgan fingerprint density at radius 2 is 1.88 bits per heavy atom. The van der Waals surface area contributed by atoms with Gasteiger partial charge in [-0.05, 0) is 49.6 Å². The van der Waals surface area contributed by atoms with E-state index in [2.05, 4.69) is 35.9 Å². The van der Waals surface area contributed by atoms with Crippen molar-refractivity contribution in [3.05, 3.63) is 59.3 Å². The van der Waals surface area contributed by atoms with E-state index < -0.39 is 0 Å². The third-order valence-electron chi connectivity index (χ3n) is 4.90. The van der Waals surface area contributed by atoms with Crippen molar-refractivity contribution in [2.75, 3.05) is 11.9 Å². The van der Waals surface area contributed by atoms with E-state index in [9.17, 15) is 4.79 Å². The zero-order valence-electron chi connectivity index (χ0n) is 13.9. The average Bonchev–Trinajstić information content (AvgIpc) is 2.72. The summed E-state index contributed by atoms with van der Waals surface area (Å²) >= 11 is 0. The molecule has 2 aliphatic rings. The standard InChI is InChI=1S/C20H19N3O/c1-14-4-3-5-15(12-14)6-7-16-8-11-19(21-13-16)23-18-10-9-17(18)22(2)20(23)24/h3-5,8,11-13,17-18H,9-10H2,1-2H3. The van der Waals surface area contributed by atoms with Crippen LogP contribution >= 0.6 is 0 Å². The summed E-state index contributed by atoms with van der Waals surface area (Å²) in [5.41, 5.74) is 3.04. The molecule has 0 N–H and O–H groups in total. The molecule has 0 radical (unpaired) electrons. The summed E-state index contributed by atoms with van der Waals surface area (Å²) in [6.07, 6.45) is 3.89. The summed E-state index contributed by atoms with van der Waals surface area (Å²) in [6, 6.07) is 12.6. The number of likely N-dealkylation sites (N-methyl/N-ethyl adjacent to an activating group) is 1. The molecule has 1 saturated heterocycles. The second-order valence-electron chi connectivity index (χ2n) is 6.50. The minimum absolute atomic E-state index is 0.0496. The monoisotopic (exact) mass is 317 g/mol. The van der Waals surface area contributed by atoms with Crippen molar-refractivity contribution in [1.29, 1.82) is 0 Å². The van der Waals surface area contributed by atoms with Crippen LogP contribution in [0.25, 0.3) is 0 Å². The number of fused-ring (bicyclic) bond motifs is 1. The third kappa shape index (κ3) is 2.43. The lowest BCUT2D eigenvalue weighted by atomic mass is 9.86. The molecular formula is C20H19N3O. The summed E-state index contributed by atoms with van der Waals surface area (Å²) in [5.74, 6) is 7.01. The Kier molecular flexibility index (Phi) is 3.50. The maximum atomic E-state index is 12.4. The molecule has 2 unspecified atom stereocenters. The van der Waals surface area contributed by atoms with Gasteiger partial charge in [0.25, 0.3) is 0 Å². The topological polar surface area (TPSA) is 36.4 Å². The van der Waals surface area contributed by atoms with Crippen LogP contribution in [-0.4, -0.2) is 35.0 Å². The first-order valence-electron chi connectivity index (χ1n) is 8.24. The molecule has 1 aliphatic carbocycles. The van der Waals surface area contributed by atoms with Crippen LogP contribution in [0.1, 0.15) is 29.5 Å². The molecule has 0 spiro atoms. The van der Waals surface area contributed by atoms with E-state index in [1.165, 1.54) is 5.56 Å². The molecule has 2 atom stereocenters. The van der Waals surface area contributed by atoms with Crippen LogP contribution in [0.4, 0.5) is 10.6 Å². The molecule has 2 aromatic rings. The maximum Gasteiger partial charge on any atom is 0.326 e. The van der Waals surface area contributed by atoms with Gasteiger partial charge in [0.1, 0.15) is 5.82 Å². The molecule has 2 heterocycles. The predicted octanol–water partition coefficient (Wildman–Crippen LogP) is 3.19. The van der Waals surface area contributed by atoms with E-state index in [0.29, 0.717) is 6.04 Å². The molecule has 1 saturated carbocycles. The minimum atomic E-state index is 0.0496. The molecule has 2 amide bonds. The number of nitrogens with zero attached hydrogens (tertiary/aromatic N) is 3. The van der Waals surface area contributed by atoms with Gasteiger partial charge in [0.2, 0.25) is 0 Å². The molecule has 4 heteroatoms. The summed E-state index contributed by atoms with van der Waals surface area (Å²) < 4.78 is 0. The van der Waals surface area contributed by atoms with E-state index in [4.69, 9.17) is 0 Å². The number of carbonyl (C=O) groups is 1. The largest absolute Gasteiger partial charge is 0.326 e. The lowest BCUT2D eigenvalue weighted by Crippen LogP contribution is -2.45. The SMILES string of the molecule is Cc1cccc(C#Cc2ccc(N3C(=O)N(C)C4CCC43)nc2)c1. The first-order chi connectivity index (χ1) is 11.6. The summed E-state index contributed by atoms with van der Waals surface area (Å²) in [4.78, 5) is 20.5. The number of aryl methyl sites for hydroxylation is 1. The lowest BCUT2D eigenvalue weighted by Gasteiger charge is -2.35. The summed E-state index contributed by atoms with van der Waals surface area (Å²) in [5, 5.41) is 0. The lowest BCUT2D eigenvalue weighted by molar-refractivity contribution is 0.196. The third-order valence-corrected chi connectivity index (χ3v) is 4.90. The van der Waals surface area contributed by atoms with Crippen LogP contribution in [0.3, 0.4) is 0 Å². The van der Waals surface area contributed by atoms with Gasteiger partial charge >= 0.3 is 6.03 Å². The number of urea groups is 1. The number of anilines is 1. The number of pyridine rings is 1. The Morgan fingerprint density at radius 3 is 2.50 bits per heavy atom. The molecule has 1 aliphatic heterocycles. The molecule has 24 heavy (non-hydrogen) atoms. The van der Waals surface area contributed by atoms with Crippen molar-refractivity contribution in [3.8, 4) is 11.8 Å². The predicted molar refractivity (Wildman–Crippen MR) is 93.8 cm³/mol. The van der Waals surface area contributed by atoms with Gasteiger partial charge in [0.15, 0.2) is 0 Å². The maximum absolute atomic E-state index is 12.4. The van der Waals surface area contributed by atoms with Gasteiger partial charge < -0.3 is 4.90 Å². The Hall–Kier alpha value is -2.80. The van der Waals surface area contributed by atoms with Crippen LogP contribution in [0.5, 0.6) is 0 Å². The number of aromatic nitrogens is 1. The Bertz CT molecular complexity index is 847. The second-order valence-corrected chi connectivity index (χ2v) is 6.50. The quantitative estimate of drug-likeness (QED) is 0.757. The van der Waals surface area contributed by atoms with Crippen LogP contribution < -0.4 is 4.90 Å². The highest BCUT2D eigenvalue weighted by Gasteiger charge is 2.50. The van der Waals surface area contributed by atoms with Crippen LogP contribution in [0.2, 0.25) is 0 Å². The normalized spacial score (nSPS) is 21.8. The van der Waals surface area contributed by atoms with E-state index in [1.54, 1.807) is 6.20 Å². The highest BCUT2D eigenvalue weighted by molar-refractivity contribution is 5.95. The molecule has 1 aromatic carbocycles. The fourth-order valence-corrected chi connectivity index (χ4v) is 3.41. The number of hydrogen-bond acceptors (Lipinski definition) is 2. The van der Waals surface area contributed by atoms with Gasteiger partial charge in [-0.3, -0.25) is 4.90 Å². The number of hydrogen-bond donors (Lipinski definition) is 0. The van der Waals surface area contributed by atoms with E-state index >= 15 is 0 Å².